The van der Waals surface area contributed by atoms with Gasteiger partial charge in [-0.1, -0.05) is 11.6 Å². The number of sulfonamides is 1. The van der Waals surface area contributed by atoms with Crippen LogP contribution in [0.1, 0.15) is 0 Å². The SMILES string of the molecule is NS(=O)(=O)c1ccc(Nc2cc3c(cc2Cl)NCNS3)cc1. The van der Waals surface area contributed by atoms with Gasteiger partial charge in [0.05, 0.1) is 28.0 Å². The van der Waals surface area contributed by atoms with E-state index in [0.717, 1.165) is 22.0 Å². The Morgan fingerprint density at radius 2 is 1.95 bits per heavy atom. The van der Waals surface area contributed by atoms with Crippen molar-refractivity contribution in [1.82, 2.24) is 4.72 Å². The third-order valence-electron chi connectivity index (χ3n) is 3.06. The quantitative estimate of drug-likeness (QED) is 0.631. The zero-order chi connectivity index (χ0) is 15.7. The number of hydrogen-bond acceptors (Lipinski definition) is 6. The van der Waals surface area contributed by atoms with E-state index in [0.29, 0.717) is 11.7 Å². The summed E-state index contributed by atoms with van der Waals surface area (Å²) in [6.07, 6.45) is 0. The van der Waals surface area contributed by atoms with E-state index in [4.69, 9.17) is 16.7 Å². The Morgan fingerprint density at radius 3 is 2.64 bits per heavy atom. The van der Waals surface area contributed by atoms with Crippen LogP contribution in [-0.4, -0.2) is 15.1 Å². The monoisotopic (exact) mass is 356 g/mol. The summed E-state index contributed by atoms with van der Waals surface area (Å²) in [5, 5.41) is 12.0. The van der Waals surface area contributed by atoms with Gasteiger partial charge in [0.25, 0.3) is 0 Å². The van der Waals surface area contributed by atoms with Crippen molar-refractivity contribution < 1.29 is 8.42 Å². The first kappa shape index (κ1) is 15.4. The smallest absolute Gasteiger partial charge is 0.238 e. The summed E-state index contributed by atoms with van der Waals surface area (Å²) in [4.78, 5) is 1.10. The molecule has 2 aromatic rings. The number of nitrogens with two attached hydrogens (primary N) is 1. The molecule has 1 heterocycles. The van der Waals surface area contributed by atoms with Crippen LogP contribution in [0.2, 0.25) is 5.02 Å². The van der Waals surface area contributed by atoms with Crippen LogP contribution in [0, 0.1) is 0 Å². The van der Waals surface area contributed by atoms with Crippen molar-refractivity contribution in [1.29, 1.82) is 0 Å². The summed E-state index contributed by atoms with van der Waals surface area (Å²) in [5.41, 5.74) is 2.43. The van der Waals surface area contributed by atoms with Gasteiger partial charge in [0.1, 0.15) is 0 Å². The van der Waals surface area contributed by atoms with Gasteiger partial charge in [-0.25, -0.2) is 18.3 Å². The normalized spacial score (nSPS) is 14.1. The van der Waals surface area contributed by atoms with E-state index in [1.54, 1.807) is 12.1 Å². The molecule has 6 nitrogen and oxygen atoms in total. The molecule has 1 aliphatic rings. The van der Waals surface area contributed by atoms with Gasteiger partial charge in [0, 0.05) is 10.6 Å². The topological polar surface area (TPSA) is 96.2 Å². The molecule has 0 saturated carbocycles. The van der Waals surface area contributed by atoms with Crippen molar-refractivity contribution in [3.8, 4) is 0 Å². The molecule has 0 radical (unpaired) electrons. The van der Waals surface area contributed by atoms with Crippen molar-refractivity contribution in [3.63, 3.8) is 0 Å². The number of halogens is 1. The fraction of sp³-hybridized carbons (Fsp3) is 0.0769. The number of primary sulfonamides is 1. The molecule has 1 aliphatic heterocycles. The van der Waals surface area contributed by atoms with Crippen LogP contribution in [-0.2, 0) is 10.0 Å². The van der Waals surface area contributed by atoms with E-state index < -0.39 is 10.0 Å². The van der Waals surface area contributed by atoms with Crippen LogP contribution in [0.3, 0.4) is 0 Å². The maximum atomic E-state index is 11.2. The highest BCUT2D eigenvalue weighted by Crippen LogP contribution is 2.37. The minimum Gasteiger partial charge on any atom is -0.371 e. The molecule has 9 heteroatoms. The first-order chi connectivity index (χ1) is 10.4. The summed E-state index contributed by atoms with van der Waals surface area (Å²) in [6, 6.07) is 9.95. The first-order valence-electron chi connectivity index (χ1n) is 6.30. The second kappa shape index (κ2) is 5.98. The van der Waals surface area contributed by atoms with Crippen molar-refractivity contribution >= 4 is 50.6 Å². The van der Waals surface area contributed by atoms with Gasteiger partial charge in [0.2, 0.25) is 10.0 Å². The predicted octanol–water partition coefficient (Wildman–Crippen LogP) is 2.71. The Kier molecular flexibility index (Phi) is 4.20. The maximum Gasteiger partial charge on any atom is 0.238 e. The molecule has 0 amide bonds. The number of nitrogens with one attached hydrogen (secondary N) is 3. The number of anilines is 3. The van der Waals surface area contributed by atoms with E-state index in [2.05, 4.69) is 15.4 Å². The van der Waals surface area contributed by atoms with Gasteiger partial charge in [-0.15, -0.1) is 0 Å². The highest BCUT2D eigenvalue weighted by molar-refractivity contribution is 7.97. The molecule has 3 rings (SSSR count). The molecule has 116 valence electrons. The highest BCUT2D eigenvalue weighted by atomic mass is 35.5. The first-order valence-corrected chi connectivity index (χ1v) is 9.04. The molecule has 0 atom stereocenters. The Labute approximate surface area is 137 Å². The average Bonchev–Trinajstić information content (AvgIpc) is 2.48. The average molecular weight is 357 g/mol. The largest absolute Gasteiger partial charge is 0.371 e. The Balaban J connectivity index is 1.87. The van der Waals surface area contributed by atoms with Crippen LogP contribution in [0.15, 0.2) is 46.2 Å². The van der Waals surface area contributed by atoms with E-state index in [-0.39, 0.29) is 4.90 Å². The third kappa shape index (κ3) is 3.31. The lowest BCUT2D eigenvalue weighted by Gasteiger charge is -2.20. The van der Waals surface area contributed by atoms with Crippen LogP contribution in [0.4, 0.5) is 17.1 Å². The third-order valence-corrected chi connectivity index (χ3v) is 5.15. The van der Waals surface area contributed by atoms with Gasteiger partial charge >= 0.3 is 0 Å². The van der Waals surface area contributed by atoms with Crippen molar-refractivity contribution in [2.45, 2.75) is 9.79 Å². The summed E-state index contributed by atoms with van der Waals surface area (Å²) >= 11 is 7.79. The maximum absolute atomic E-state index is 11.2. The van der Waals surface area contributed by atoms with E-state index in [1.807, 2.05) is 12.1 Å². The van der Waals surface area contributed by atoms with E-state index >= 15 is 0 Å². The van der Waals surface area contributed by atoms with Gasteiger partial charge < -0.3 is 10.6 Å². The molecule has 0 aromatic heterocycles. The van der Waals surface area contributed by atoms with E-state index in [9.17, 15) is 8.42 Å². The number of fused-ring (bicyclic) bond motifs is 1. The lowest BCUT2D eigenvalue weighted by molar-refractivity contribution is 0.598. The number of hydrogen-bond donors (Lipinski definition) is 4. The van der Waals surface area contributed by atoms with Gasteiger partial charge in [-0.05, 0) is 48.3 Å². The zero-order valence-corrected chi connectivity index (χ0v) is 13.6. The number of benzene rings is 2. The molecule has 2 aromatic carbocycles. The molecule has 22 heavy (non-hydrogen) atoms. The number of rotatable bonds is 3. The predicted molar refractivity (Wildman–Crippen MR) is 90.0 cm³/mol. The van der Waals surface area contributed by atoms with Gasteiger partial charge in [0.15, 0.2) is 0 Å². The summed E-state index contributed by atoms with van der Waals surface area (Å²) in [6.45, 7) is 0.676. The van der Waals surface area contributed by atoms with Crippen LogP contribution in [0.25, 0.3) is 0 Å². The lowest BCUT2D eigenvalue weighted by atomic mass is 10.2. The molecule has 0 bridgehead atoms. The second-order valence-electron chi connectivity index (χ2n) is 4.62. The summed E-state index contributed by atoms with van der Waals surface area (Å²) in [5.74, 6) is 0. The molecular formula is C13H13ClN4O2S2. The highest BCUT2D eigenvalue weighted by Gasteiger charge is 2.13. The molecule has 0 saturated heterocycles. The minimum absolute atomic E-state index is 0.0681. The Bertz CT molecular complexity index is 810. The van der Waals surface area contributed by atoms with Crippen LogP contribution < -0.4 is 20.5 Å². The molecule has 5 N–H and O–H groups in total. The lowest BCUT2D eigenvalue weighted by Crippen LogP contribution is -2.20. The van der Waals surface area contributed by atoms with E-state index in [1.165, 1.54) is 24.1 Å². The van der Waals surface area contributed by atoms with Crippen molar-refractivity contribution in [3.05, 3.63) is 41.4 Å². The molecule has 0 fully saturated rings. The van der Waals surface area contributed by atoms with Gasteiger partial charge in [-0.3, -0.25) is 0 Å². The fourth-order valence-electron chi connectivity index (χ4n) is 2.00. The second-order valence-corrected chi connectivity index (χ2v) is 7.52. The Hall–Kier alpha value is -1.45. The summed E-state index contributed by atoms with van der Waals surface area (Å²) in [7, 11) is -3.69. The molecule has 0 aliphatic carbocycles. The molecular weight excluding hydrogens is 344 g/mol. The Morgan fingerprint density at radius 1 is 1.23 bits per heavy atom. The van der Waals surface area contributed by atoms with Gasteiger partial charge in [-0.2, -0.15) is 0 Å². The van der Waals surface area contributed by atoms with Crippen molar-refractivity contribution in [2.24, 2.45) is 5.14 Å². The summed E-state index contributed by atoms with van der Waals surface area (Å²) < 4.78 is 25.6. The molecule has 0 spiro atoms. The fourth-order valence-corrected chi connectivity index (χ4v) is 3.44. The van der Waals surface area contributed by atoms with Crippen LogP contribution >= 0.6 is 23.5 Å². The minimum atomic E-state index is -3.69. The zero-order valence-electron chi connectivity index (χ0n) is 11.3. The van der Waals surface area contributed by atoms with Crippen molar-refractivity contribution in [2.75, 3.05) is 17.3 Å². The van der Waals surface area contributed by atoms with Crippen LogP contribution in [0.5, 0.6) is 0 Å². The standard InChI is InChI=1S/C13H13ClN4O2S2/c14-10-5-12-13(21-17-7-16-12)6-11(10)18-8-1-3-9(4-2-8)22(15,19)20/h1-6,16-18H,7H2,(H2,15,19,20). The molecule has 0 unspecified atom stereocenters.